The number of hydrogen-bond acceptors (Lipinski definition) is 15. The van der Waals surface area contributed by atoms with Crippen molar-refractivity contribution in [3.05, 3.63) is 0 Å². The molecule has 3 aliphatic heterocycles. The lowest BCUT2D eigenvalue weighted by Crippen LogP contribution is -2.67. The van der Waals surface area contributed by atoms with Crippen LogP contribution in [0.3, 0.4) is 0 Å². The van der Waals surface area contributed by atoms with Crippen molar-refractivity contribution in [3.63, 3.8) is 0 Å². The van der Waals surface area contributed by atoms with E-state index in [2.05, 4.69) is 5.32 Å². The molecule has 14 atom stereocenters. The number of aliphatic hydroxyl groups excluding tert-OH is 10. The highest BCUT2D eigenvalue weighted by Gasteiger charge is 2.52. The lowest BCUT2D eigenvalue weighted by molar-refractivity contribution is -0.368. The van der Waals surface area contributed by atoms with Crippen LogP contribution in [0.4, 0.5) is 0 Å². The second-order valence-electron chi connectivity index (χ2n) is 8.36. The molecular weight excluding hydrogens is 454 g/mol. The average Bonchev–Trinajstić information content (AvgIpc) is 2.80. The summed E-state index contributed by atoms with van der Waals surface area (Å²) in [5.41, 5.74) is 0. The largest absolute Gasteiger partial charge is 0.395 e. The first-order chi connectivity index (χ1) is 15.6. The topological polar surface area (TPSA) is 251 Å². The molecule has 15 nitrogen and oxygen atoms in total. The van der Waals surface area contributed by atoms with E-state index in [1.165, 1.54) is 0 Å². The van der Waals surface area contributed by atoms with Crippen molar-refractivity contribution in [1.29, 1.82) is 0 Å². The molecule has 3 rings (SSSR count). The van der Waals surface area contributed by atoms with Crippen molar-refractivity contribution in [2.75, 3.05) is 26.4 Å². The second-order valence-corrected chi connectivity index (χ2v) is 8.36. The van der Waals surface area contributed by atoms with E-state index in [1.807, 2.05) is 0 Å². The van der Waals surface area contributed by atoms with Crippen LogP contribution in [0, 0.1) is 0 Å². The van der Waals surface area contributed by atoms with Crippen molar-refractivity contribution in [2.45, 2.75) is 85.8 Å². The van der Waals surface area contributed by atoms with Gasteiger partial charge in [-0.1, -0.05) is 0 Å². The van der Waals surface area contributed by atoms with E-state index < -0.39 is 106 Å². The van der Waals surface area contributed by atoms with E-state index >= 15 is 0 Å². The Kier molecular flexibility index (Phi) is 9.35. The van der Waals surface area contributed by atoms with Gasteiger partial charge >= 0.3 is 0 Å². The molecule has 3 saturated heterocycles. The lowest BCUT2D eigenvalue weighted by Gasteiger charge is -2.47. The summed E-state index contributed by atoms with van der Waals surface area (Å²) in [6, 6.07) is -0.834. The number of nitrogens with one attached hydrogen (secondary N) is 1. The molecule has 3 heterocycles. The number of piperidine rings is 1. The van der Waals surface area contributed by atoms with Crippen LogP contribution in [-0.2, 0) is 18.9 Å². The Balaban J connectivity index is 1.76. The van der Waals surface area contributed by atoms with E-state index in [0.29, 0.717) is 0 Å². The number of β-amino-alcohol motifs (C(OH)–C–C–N with tert-alkyl or cyclic N) is 1. The molecule has 0 aromatic rings. The molecule has 0 bridgehead atoms. The maximum atomic E-state index is 10.8. The Morgan fingerprint density at radius 3 is 1.73 bits per heavy atom. The Morgan fingerprint density at radius 1 is 0.606 bits per heavy atom. The zero-order chi connectivity index (χ0) is 24.4. The highest BCUT2D eigenvalue weighted by molar-refractivity contribution is 4.97. The van der Waals surface area contributed by atoms with Gasteiger partial charge in [-0.3, -0.25) is 0 Å². The summed E-state index contributed by atoms with van der Waals surface area (Å²) in [7, 11) is 0. The van der Waals surface area contributed by atoms with Crippen molar-refractivity contribution in [1.82, 2.24) is 5.32 Å². The van der Waals surface area contributed by atoms with Gasteiger partial charge in [-0.2, -0.15) is 0 Å². The van der Waals surface area contributed by atoms with Crippen molar-refractivity contribution in [3.8, 4) is 0 Å². The molecule has 3 fully saturated rings. The Morgan fingerprint density at radius 2 is 1.15 bits per heavy atom. The highest BCUT2D eigenvalue weighted by Crippen LogP contribution is 2.31. The molecular formula is C18H33NO14. The van der Waals surface area contributed by atoms with Crippen LogP contribution in [0.2, 0.25) is 0 Å². The van der Waals surface area contributed by atoms with Gasteiger partial charge in [0.1, 0.15) is 61.0 Å². The van der Waals surface area contributed by atoms with E-state index in [9.17, 15) is 51.1 Å². The van der Waals surface area contributed by atoms with Gasteiger partial charge in [-0.25, -0.2) is 0 Å². The zero-order valence-electron chi connectivity index (χ0n) is 17.5. The molecule has 0 aliphatic carbocycles. The average molecular weight is 487 g/mol. The molecule has 3 aliphatic rings. The molecule has 0 spiro atoms. The first-order valence-corrected chi connectivity index (χ1v) is 10.6. The first-order valence-electron chi connectivity index (χ1n) is 10.6. The maximum Gasteiger partial charge on any atom is 0.187 e. The van der Waals surface area contributed by atoms with E-state index in [0.717, 1.165) is 0 Å². The summed E-state index contributed by atoms with van der Waals surface area (Å²) in [6.07, 6.45) is -20.4. The Bertz CT molecular complexity index is 615. The third kappa shape index (κ3) is 5.48. The fourth-order valence-corrected chi connectivity index (χ4v) is 4.13. The highest BCUT2D eigenvalue weighted by atomic mass is 16.7. The fourth-order valence-electron chi connectivity index (χ4n) is 4.13. The zero-order valence-corrected chi connectivity index (χ0v) is 17.5. The standard InChI is InChI=1S/C18H33NO14/c20-2-5-9(24)15(6(23)1-19-5)32-18-14(29)16(11(26)8(4-22)31-18)33-17-13(28)12(27)10(25)7(3-21)30-17/h5-29H,1-4H2/t5-,6+,7-,8-,9-,10-,11-,12+,13-,14-,15-,16+,17+,18+/m1/s1. The normalized spacial score (nSPS) is 51.5. The molecule has 0 saturated carbocycles. The molecule has 0 aromatic carbocycles. The number of aliphatic hydroxyl groups is 10. The fraction of sp³-hybridized carbons (Fsp3) is 1.00. The van der Waals surface area contributed by atoms with Crippen LogP contribution >= 0.6 is 0 Å². The van der Waals surface area contributed by atoms with Gasteiger partial charge in [-0.05, 0) is 0 Å². The molecule has 0 aromatic heterocycles. The van der Waals surface area contributed by atoms with E-state index in [-0.39, 0.29) is 6.54 Å². The van der Waals surface area contributed by atoms with Crippen LogP contribution in [-0.4, -0.2) is 163 Å². The van der Waals surface area contributed by atoms with E-state index in [4.69, 9.17) is 18.9 Å². The summed E-state index contributed by atoms with van der Waals surface area (Å²) in [5, 5.41) is 103. The van der Waals surface area contributed by atoms with Gasteiger partial charge in [0.05, 0.1) is 32.0 Å². The van der Waals surface area contributed by atoms with Gasteiger partial charge in [-0.15, -0.1) is 0 Å². The molecule has 194 valence electrons. The Hall–Kier alpha value is -0.600. The van der Waals surface area contributed by atoms with Crippen molar-refractivity contribution < 1.29 is 70.0 Å². The van der Waals surface area contributed by atoms with Gasteiger partial charge in [0, 0.05) is 6.54 Å². The van der Waals surface area contributed by atoms with Crippen LogP contribution in [0.25, 0.3) is 0 Å². The number of hydrogen-bond donors (Lipinski definition) is 11. The smallest absolute Gasteiger partial charge is 0.187 e. The predicted molar refractivity (Wildman–Crippen MR) is 102 cm³/mol. The minimum absolute atomic E-state index is 0.0490. The quantitative estimate of drug-likeness (QED) is 0.159. The van der Waals surface area contributed by atoms with E-state index in [1.54, 1.807) is 0 Å². The van der Waals surface area contributed by atoms with Gasteiger partial charge in [0.2, 0.25) is 0 Å². The van der Waals surface area contributed by atoms with Crippen LogP contribution in [0.15, 0.2) is 0 Å². The third-order valence-corrected chi connectivity index (χ3v) is 6.17. The SMILES string of the molecule is OC[C@H]1NC[C@H](O)[C@@H](O[C@@H]2O[C@H](CO)[C@@H](O)[C@H](O[C@@H]3O[C@H](CO)[C@@H](O)[C@H](O)[C@H]3O)[C@H]2O)[C@@H]1O. The van der Waals surface area contributed by atoms with Gasteiger partial charge < -0.3 is 75.3 Å². The van der Waals surface area contributed by atoms with Gasteiger partial charge in [0.25, 0.3) is 0 Å². The van der Waals surface area contributed by atoms with Crippen molar-refractivity contribution >= 4 is 0 Å². The van der Waals surface area contributed by atoms with Gasteiger partial charge in [0.15, 0.2) is 12.6 Å². The minimum atomic E-state index is -1.82. The molecule has 0 unspecified atom stereocenters. The molecule has 15 heteroatoms. The van der Waals surface area contributed by atoms with Crippen molar-refractivity contribution in [2.24, 2.45) is 0 Å². The Labute approximate surface area is 188 Å². The molecule has 0 radical (unpaired) electrons. The third-order valence-electron chi connectivity index (χ3n) is 6.17. The second kappa shape index (κ2) is 11.4. The molecule has 0 amide bonds. The summed E-state index contributed by atoms with van der Waals surface area (Å²) < 4.78 is 21.6. The molecule has 11 N–H and O–H groups in total. The number of rotatable bonds is 7. The van der Waals surface area contributed by atoms with Crippen LogP contribution in [0.5, 0.6) is 0 Å². The summed E-state index contributed by atoms with van der Waals surface area (Å²) in [5.74, 6) is 0. The monoisotopic (exact) mass is 487 g/mol. The summed E-state index contributed by atoms with van der Waals surface area (Å²) in [6.45, 7) is -2.00. The summed E-state index contributed by atoms with van der Waals surface area (Å²) in [4.78, 5) is 0. The van der Waals surface area contributed by atoms with Crippen LogP contribution < -0.4 is 5.32 Å². The minimum Gasteiger partial charge on any atom is -0.395 e. The molecule has 33 heavy (non-hydrogen) atoms. The van der Waals surface area contributed by atoms with Crippen LogP contribution in [0.1, 0.15) is 0 Å². The maximum absolute atomic E-state index is 10.8. The summed E-state index contributed by atoms with van der Waals surface area (Å²) >= 11 is 0. The first kappa shape index (κ1) is 27.0. The lowest BCUT2D eigenvalue weighted by atomic mass is 9.95. The predicted octanol–water partition coefficient (Wildman–Crippen LogP) is -7.32. The number of ether oxygens (including phenoxy) is 4.